The number of rotatable bonds is 4. The number of hydrogen-bond acceptors (Lipinski definition) is 2. The first-order chi connectivity index (χ1) is 6.79. The van der Waals surface area contributed by atoms with Gasteiger partial charge in [-0.15, -0.1) is 0 Å². The molecule has 1 aromatic rings. The topological polar surface area (TPSA) is 37.3 Å². The van der Waals surface area contributed by atoms with Crippen molar-refractivity contribution in [2.45, 2.75) is 24.7 Å². The van der Waals surface area contributed by atoms with E-state index in [1.165, 1.54) is 0 Å². The normalized spacial score (nSPS) is 17.8. The molecule has 0 atom stereocenters. The summed E-state index contributed by atoms with van der Waals surface area (Å²) in [6, 6.07) is 9.88. The Kier molecular flexibility index (Phi) is 2.38. The smallest absolute Gasteiger partial charge is 0.145 e. The molecule has 0 amide bonds. The summed E-state index contributed by atoms with van der Waals surface area (Å²) < 4.78 is 0. The third-order valence-electron chi connectivity index (χ3n) is 2.95. The number of carbonyl (C=O) groups excluding carboxylic acids is 1. The number of benzene rings is 1. The quantitative estimate of drug-likeness (QED) is 0.784. The number of aliphatic hydroxyl groups is 1. The molecule has 1 aromatic carbocycles. The fourth-order valence-electron chi connectivity index (χ4n) is 1.95. The summed E-state index contributed by atoms with van der Waals surface area (Å²) in [4.78, 5) is 11.8. The summed E-state index contributed by atoms with van der Waals surface area (Å²) in [6.07, 6.45) is 2.17. The second kappa shape index (κ2) is 3.54. The van der Waals surface area contributed by atoms with E-state index in [2.05, 4.69) is 0 Å². The third kappa shape index (κ3) is 1.46. The van der Waals surface area contributed by atoms with Crippen LogP contribution in [0.4, 0.5) is 0 Å². The SMILES string of the molecule is O=C(CCO)C1(c2ccccc2)CC1. The van der Waals surface area contributed by atoms with Crippen molar-refractivity contribution in [3.63, 3.8) is 0 Å². The lowest BCUT2D eigenvalue weighted by Gasteiger charge is -2.13. The van der Waals surface area contributed by atoms with Gasteiger partial charge in [-0.3, -0.25) is 4.79 Å². The highest BCUT2D eigenvalue weighted by atomic mass is 16.3. The number of Topliss-reactive ketones (excluding diaryl/α,β-unsaturated/α-hetero) is 1. The van der Waals surface area contributed by atoms with E-state index >= 15 is 0 Å². The van der Waals surface area contributed by atoms with Gasteiger partial charge in [0.1, 0.15) is 5.78 Å². The van der Waals surface area contributed by atoms with Gasteiger partial charge in [-0.25, -0.2) is 0 Å². The van der Waals surface area contributed by atoms with Crippen LogP contribution in [0, 0.1) is 0 Å². The van der Waals surface area contributed by atoms with Gasteiger partial charge in [0.25, 0.3) is 0 Å². The summed E-state index contributed by atoms with van der Waals surface area (Å²) in [7, 11) is 0. The van der Waals surface area contributed by atoms with Crippen LogP contribution in [0.15, 0.2) is 30.3 Å². The van der Waals surface area contributed by atoms with Crippen molar-refractivity contribution in [1.29, 1.82) is 0 Å². The van der Waals surface area contributed by atoms with Gasteiger partial charge in [-0.1, -0.05) is 30.3 Å². The Bertz CT molecular complexity index is 325. The van der Waals surface area contributed by atoms with E-state index in [4.69, 9.17) is 5.11 Å². The Balaban J connectivity index is 2.21. The van der Waals surface area contributed by atoms with Crippen molar-refractivity contribution in [3.05, 3.63) is 35.9 Å². The molecule has 2 rings (SSSR count). The molecule has 1 N–H and O–H groups in total. The zero-order valence-corrected chi connectivity index (χ0v) is 8.07. The number of carbonyl (C=O) groups is 1. The Morgan fingerprint density at radius 2 is 1.93 bits per heavy atom. The second-order valence-electron chi connectivity index (χ2n) is 3.84. The van der Waals surface area contributed by atoms with E-state index in [-0.39, 0.29) is 24.2 Å². The standard InChI is InChI=1S/C12H14O2/c13-9-6-11(14)12(7-8-12)10-4-2-1-3-5-10/h1-5,13H,6-9H2. The molecule has 0 aliphatic heterocycles. The van der Waals surface area contributed by atoms with Gasteiger partial charge in [0.05, 0.1) is 5.41 Å². The maximum absolute atomic E-state index is 11.8. The van der Waals surface area contributed by atoms with E-state index in [9.17, 15) is 4.79 Å². The molecule has 74 valence electrons. The summed E-state index contributed by atoms with van der Waals surface area (Å²) in [5.41, 5.74) is 0.864. The average molecular weight is 190 g/mol. The summed E-state index contributed by atoms with van der Waals surface area (Å²) in [5.74, 6) is 0.186. The van der Waals surface area contributed by atoms with Crippen LogP contribution in [0.5, 0.6) is 0 Å². The molecule has 0 spiro atoms. The molecule has 0 radical (unpaired) electrons. The Hall–Kier alpha value is -1.15. The minimum atomic E-state index is -0.246. The minimum absolute atomic E-state index is 0.0343. The van der Waals surface area contributed by atoms with Crippen molar-refractivity contribution in [2.75, 3.05) is 6.61 Å². The average Bonchev–Trinajstić information content (AvgIpc) is 3.00. The summed E-state index contributed by atoms with van der Waals surface area (Å²) in [6.45, 7) is -0.0343. The molecule has 1 aliphatic rings. The van der Waals surface area contributed by atoms with Crippen LogP contribution < -0.4 is 0 Å². The van der Waals surface area contributed by atoms with Crippen LogP contribution in [0.25, 0.3) is 0 Å². The van der Waals surface area contributed by atoms with Crippen LogP contribution in [0.2, 0.25) is 0 Å². The molecule has 1 fully saturated rings. The van der Waals surface area contributed by atoms with Crippen LogP contribution in [-0.4, -0.2) is 17.5 Å². The van der Waals surface area contributed by atoms with Gasteiger partial charge >= 0.3 is 0 Å². The lowest BCUT2D eigenvalue weighted by Crippen LogP contribution is -2.21. The van der Waals surface area contributed by atoms with Crippen molar-refractivity contribution < 1.29 is 9.90 Å². The highest BCUT2D eigenvalue weighted by Gasteiger charge is 2.49. The van der Waals surface area contributed by atoms with Gasteiger partial charge in [0.2, 0.25) is 0 Å². The highest BCUT2D eigenvalue weighted by molar-refractivity contribution is 5.93. The van der Waals surface area contributed by atoms with E-state index in [1.807, 2.05) is 30.3 Å². The zero-order chi connectivity index (χ0) is 10.0. The van der Waals surface area contributed by atoms with E-state index < -0.39 is 0 Å². The monoisotopic (exact) mass is 190 g/mol. The van der Waals surface area contributed by atoms with Crippen molar-refractivity contribution in [1.82, 2.24) is 0 Å². The summed E-state index contributed by atoms with van der Waals surface area (Å²) >= 11 is 0. The maximum atomic E-state index is 11.8. The Morgan fingerprint density at radius 3 is 2.43 bits per heavy atom. The number of hydrogen-bond donors (Lipinski definition) is 1. The third-order valence-corrected chi connectivity index (χ3v) is 2.95. The van der Waals surface area contributed by atoms with E-state index in [0.717, 1.165) is 18.4 Å². The molecule has 0 saturated heterocycles. The predicted octanol–water partition coefficient (Wildman–Crippen LogP) is 1.67. The minimum Gasteiger partial charge on any atom is -0.396 e. The molecule has 1 aliphatic carbocycles. The fraction of sp³-hybridized carbons (Fsp3) is 0.417. The molecule has 2 heteroatoms. The highest BCUT2D eigenvalue weighted by Crippen LogP contribution is 2.49. The first-order valence-electron chi connectivity index (χ1n) is 4.99. The van der Waals surface area contributed by atoms with E-state index in [0.29, 0.717) is 0 Å². The van der Waals surface area contributed by atoms with Gasteiger partial charge in [-0.05, 0) is 18.4 Å². The lowest BCUT2D eigenvalue weighted by atomic mass is 9.90. The molecule has 1 saturated carbocycles. The van der Waals surface area contributed by atoms with Crippen LogP contribution >= 0.6 is 0 Å². The van der Waals surface area contributed by atoms with Gasteiger partial charge in [0.15, 0.2) is 0 Å². The fourth-order valence-corrected chi connectivity index (χ4v) is 1.95. The Morgan fingerprint density at radius 1 is 1.29 bits per heavy atom. The van der Waals surface area contributed by atoms with Crippen LogP contribution in [0.1, 0.15) is 24.8 Å². The molecule has 14 heavy (non-hydrogen) atoms. The van der Waals surface area contributed by atoms with Gasteiger partial charge in [-0.2, -0.15) is 0 Å². The molecule has 0 unspecified atom stereocenters. The second-order valence-corrected chi connectivity index (χ2v) is 3.84. The maximum Gasteiger partial charge on any atom is 0.145 e. The molecular weight excluding hydrogens is 176 g/mol. The Labute approximate surface area is 83.6 Å². The van der Waals surface area contributed by atoms with E-state index in [1.54, 1.807) is 0 Å². The lowest BCUT2D eigenvalue weighted by molar-refractivity contribution is -0.122. The molecule has 0 heterocycles. The summed E-state index contributed by atoms with van der Waals surface area (Å²) in [5, 5.41) is 8.75. The molecular formula is C12H14O2. The van der Waals surface area contributed by atoms with Crippen LogP contribution in [-0.2, 0) is 10.2 Å². The first kappa shape index (κ1) is 9.41. The number of aliphatic hydroxyl groups excluding tert-OH is 1. The molecule has 2 nitrogen and oxygen atoms in total. The largest absolute Gasteiger partial charge is 0.396 e. The molecule has 0 bridgehead atoms. The van der Waals surface area contributed by atoms with Crippen molar-refractivity contribution in [2.24, 2.45) is 0 Å². The van der Waals surface area contributed by atoms with Crippen LogP contribution in [0.3, 0.4) is 0 Å². The number of ketones is 1. The first-order valence-corrected chi connectivity index (χ1v) is 4.99. The van der Waals surface area contributed by atoms with Crippen molar-refractivity contribution >= 4 is 5.78 Å². The molecule has 0 aromatic heterocycles. The van der Waals surface area contributed by atoms with Crippen molar-refractivity contribution in [3.8, 4) is 0 Å². The van der Waals surface area contributed by atoms with Gasteiger partial charge in [0, 0.05) is 13.0 Å². The predicted molar refractivity (Wildman–Crippen MR) is 54.1 cm³/mol. The zero-order valence-electron chi connectivity index (χ0n) is 8.07. The van der Waals surface area contributed by atoms with Gasteiger partial charge < -0.3 is 5.11 Å².